The van der Waals surface area contributed by atoms with Crippen LogP contribution in [0.4, 0.5) is 5.69 Å². The van der Waals surface area contributed by atoms with E-state index < -0.39 is 10.0 Å². The zero-order chi connectivity index (χ0) is 20.9. The van der Waals surface area contributed by atoms with E-state index in [1.807, 2.05) is 50.2 Å². The number of nitrogens with one attached hydrogen (secondary N) is 1. The number of ether oxygens (including phenoxy) is 1. The third-order valence-corrected chi connectivity index (χ3v) is 6.02. The van der Waals surface area contributed by atoms with Gasteiger partial charge in [-0.2, -0.15) is 5.26 Å². The highest BCUT2D eigenvalue weighted by atomic mass is 32.2. The van der Waals surface area contributed by atoms with E-state index in [1.54, 1.807) is 36.4 Å². The average molecular weight is 407 g/mol. The van der Waals surface area contributed by atoms with Crippen LogP contribution < -0.4 is 9.46 Å². The topological polar surface area (TPSA) is 79.2 Å². The van der Waals surface area contributed by atoms with Gasteiger partial charge in [0.2, 0.25) is 0 Å². The second kappa shape index (κ2) is 8.80. The maximum Gasteiger partial charge on any atom is 0.262 e. The van der Waals surface area contributed by atoms with E-state index in [1.165, 1.54) is 6.07 Å². The lowest BCUT2D eigenvalue weighted by Crippen LogP contribution is -2.15. The van der Waals surface area contributed by atoms with E-state index in [-0.39, 0.29) is 17.4 Å². The molecule has 6 heteroatoms. The van der Waals surface area contributed by atoms with Crippen molar-refractivity contribution in [3.63, 3.8) is 0 Å². The predicted molar refractivity (Wildman–Crippen MR) is 113 cm³/mol. The van der Waals surface area contributed by atoms with Gasteiger partial charge in [-0.1, -0.05) is 48.5 Å². The molecule has 0 aliphatic heterocycles. The molecule has 3 aromatic carbocycles. The number of aryl methyl sites for hydroxylation is 1. The van der Waals surface area contributed by atoms with Crippen molar-refractivity contribution in [2.75, 3.05) is 4.72 Å². The van der Waals surface area contributed by atoms with Gasteiger partial charge in [0, 0.05) is 0 Å². The molecule has 3 aromatic rings. The van der Waals surface area contributed by atoms with Crippen LogP contribution in [0.3, 0.4) is 0 Å². The standard InChI is InChI=1S/C23H22N2O3S/c1-17-16-21(28-18(2)19-8-4-3-5-9-19)12-13-22(17)25-29(26,27)23-11-7-6-10-20(23)14-15-24/h3-13,16,18,25H,14H2,1-2H3. The number of anilines is 1. The second-order valence-electron chi connectivity index (χ2n) is 6.70. The highest BCUT2D eigenvalue weighted by molar-refractivity contribution is 7.92. The lowest BCUT2D eigenvalue weighted by Gasteiger charge is -2.17. The zero-order valence-corrected chi connectivity index (χ0v) is 17.1. The van der Waals surface area contributed by atoms with E-state index >= 15 is 0 Å². The van der Waals surface area contributed by atoms with Crippen LogP contribution in [0, 0.1) is 18.3 Å². The third kappa shape index (κ3) is 4.95. The van der Waals surface area contributed by atoms with Crippen molar-refractivity contribution in [1.82, 2.24) is 0 Å². The van der Waals surface area contributed by atoms with Crippen LogP contribution in [0.2, 0.25) is 0 Å². The Labute approximate surface area is 171 Å². The van der Waals surface area contributed by atoms with Crippen LogP contribution in [0.5, 0.6) is 5.75 Å². The summed E-state index contributed by atoms with van der Waals surface area (Å²) < 4.78 is 34.3. The average Bonchev–Trinajstić information content (AvgIpc) is 2.71. The number of rotatable bonds is 7. The Hall–Kier alpha value is -3.30. The van der Waals surface area contributed by atoms with E-state index in [0.717, 1.165) is 11.1 Å². The Kier molecular flexibility index (Phi) is 6.20. The Morgan fingerprint density at radius 1 is 1.03 bits per heavy atom. The molecule has 1 atom stereocenters. The maximum atomic E-state index is 12.8. The number of hydrogen-bond acceptors (Lipinski definition) is 4. The summed E-state index contributed by atoms with van der Waals surface area (Å²) in [5, 5.41) is 8.95. The van der Waals surface area contributed by atoms with Crippen LogP contribution in [0.15, 0.2) is 77.7 Å². The Morgan fingerprint density at radius 3 is 2.41 bits per heavy atom. The van der Waals surface area contributed by atoms with Crippen LogP contribution in [0.1, 0.15) is 29.7 Å². The summed E-state index contributed by atoms with van der Waals surface area (Å²) in [7, 11) is -3.81. The summed E-state index contributed by atoms with van der Waals surface area (Å²) in [5.74, 6) is 0.659. The molecule has 0 fully saturated rings. The van der Waals surface area contributed by atoms with Gasteiger partial charge in [-0.05, 0) is 54.8 Å². The number of benzene rings is 3. The van der Waals surface area contributed by atoms with Crippen molar-refractivity contribution >= 4 is 15.7 Å². The zero-order valence-electron chi connectivity index (χ0n) is 16.3. The Morgan fingerprint density at radius 2 is 1.72 bits per heavy atom. The fraction of sp³-hybridized carbons (Fsp3) is 0.174. The third-order valence-electron chi connectivity index (χ3n) is 4.56. The van der Waals surface area contributed by atoms with E-state index in [9.17, 15) is 8.42 Å². The Balaban J connectivity index is 1.80. The molecule has 148 valence electrons. The quantitative estimate of drug-likeness (QED) is 0.599. The molecule has 3 rings (SSSR count). The summed E-state index contributed by atoms with van der Waals surface area (Å²) in [6, 6.07) is 23.6. The highest BCUT2D eigenvalue weighted by Gasteiger charge is 2.19. The SMILES string of the molecule is Cc1cc(OC(C)c2ccccc2)ccc1NS(=O)(=O)c1ccccc1CC#N. The molecule has 0 spiro atoms. The summed E-state index contributed by atoms with van der Waals surface area (Å²) in [4.78, 5) is 0.110. The molecule has 1 unspecified atom stereocenters. The molecule has 1 N–H and O–H groups in total. The molecule has 0 aromatic heterocycles. The van der Waals surface area contributed by atoms with Crippen molar-refractivity contribution in [3.8, 4) is 11.8 Å². The van der Waals surface area contributed by atoms with E-state index in [0.29, 0.717) is 17.0 Å². The lowest BCUT2D eigenvalue weighted by molar-refractivity contribution is 0.227. The van der Waals surface area contributed by atoms with Crippen LogP contribution in [-0.2, 0) is 16.4 Å². The van der Waals surface area contributed by atoms with Gasteiger partial charge in [0.25, 0.3) is 10.0 Å². The maximum absolute atomic E-state index is 12.8. The van der Waals surface area contributed by atoms with Gasteiger partial charge >= 0.3 is 0 Å². The van der Waals surface area contributed by atoms with Crippen LogP contribution in [0.25, 0.3) is 0 Å². The van der Waals surface area contributed by atoms with Gasteiger partial charge in [0.05, 0.1) is 23.1 Å². The summed E-state index contributed by atoms with van der Waals surface area (Å²) in [5.41, 5.74) is 2.74. The lowest BCUT2D eigenvalue weighted by atomic mass is 10.1. The minimum atomic E-state index is -3.81. The fourth-order valence-electron chi connectivity index (χ4n) is 3.02. The van der Waals surface area contributed by atoms with Crippen molar-refractivity contribution in [3.05, 3.63) is 89.5 Å². The minimum absolute atomic E-state index is 0.0280. The van der Waals surface area contributed by atoms with Crippen molar-refractivity contribution in [2.24, 2.45) is 0 Å². The monoisotopic (exact) mass is 406 g/mol. The minimum Gasteiger partial charge on any atom is -0.486 e. The molecular formula is C23H22N2O3S. The first-order chi connectivity index (χ1) is 13.9. The van der Waals surface area contributed by atoms with Crippen molar-refractivity contribution in [1.29, 1.82) is 5.26 Å². The summed E-state index contributed by atoms with van der Waals surface area (Å²) in [6.45, 7) is 3.78. The molecule has 0 bridgehead atoms. The molecule has 0 aliphatic carbocycles. The molecule has 0 amide bonds. The van der Waals surface area contributed by atoms with Gasteiger partial charge in [-0.15, -0.1) is 0 Å². The normalized spacial score (nSPS) is 12.0. The molecule has 0 heterocycles. The van der Waals surface area contributed by atoms with Gasteiger partial charge in [0.1, 0.15) is 11.9 Å². The largest absolute Gasteiger partial charge is 0.486 e. The van der Waals surface area contributed by atoms with E-state index in [4.69, 9.17) is 10.00 Å². The summed E-state index contributed by atoms with van der Waals surface area (Å²) >= 11 is 0. The molecule has 29 heavy (non-hydrogen) atoms. The molecule has 0 aliphatic rings. The number of sulfonamides is 1. The first-order valence-corrected chi connectivity index (χ1v) is 10.7. The first kappa shape index (κ1) is 20.4. The second-order valence-corrected chi connectivity index (χ2v) is 8.35. The predicted octanol–water partition coefficient (Wildman–Crippen LogP) is 5.00. The Bertz CT molecular complexity index is 1140. The van der Waals surface area contributed by atoms with Crippen LogP contribution in [-0.4, -0.2) is 8.42 Å². The molecule has 0 saturated carbocycles. The van der Waals surface area contributed by atoms with Gasteiger partial charge in [0.15, 0.2) is 0 Å². The number of nitriles is 1. The van der Waals surface area contributed by atoms with E-state index in [2.05, 4.69) is 4.72 Å². The number of hydrogen-bond donors (Lipinski definition) is 1. The summed E-state index contributed by atoms with van der Waals surface area (Å²) in [6.07, 6.45) is -0.101. The van der Waals surface area contributed by atoms with Gasteiger partial charge in [-0.3, -0.25) is 4.72 Å². The molecule has 0 saturated heterocycles. The first-order valence-electron chi connectivity index (χ1n) is 9.20. The van der Waals surface area contributed by atoms with Crippen LogP contribution >= 0.6 is 0 Å². The van der Waals surface area contributed by atoms with Gasteiger partial charge in [-0.25, -0.2) is 8.42 Å². The molecule has 5 nitrogen and oxygen atoms in total. The van der Waals surface area contributed by atoms with Crippen molar-refractivity contribution in [2.45, 2.75) is 31.3 Å². The smallest absolute Gasteiger partial charge is 0.262 e. The fourth-order valence-corrected chi connectivity index (χ4v) is 4.39. The molecular weight excluding hydrogens is 384 g/mol. The van der Waals surface area contributed by atoms with Gasteiger partial charge < -0.3 is 4.74 Å². The van der Waals surface area contributed by atoms with Crippen molar-refractivity contribution < 1.29 is 13.2 Å². The molecule has 0 radical (unpaired) electrons. The highest BCUT2D eigenvalue weighted by Crippen LogP contribution is 2.28. The number of nitrogens with zero attached hydrogens (tertiary/aromatic N) is 1.